The monoisotopic (exact) mass is 410 g/mol. The van der Waals surface area contributed by atoms with E-state index in [1.165, 1.54) is 11.9 Å². The van der Waals surface area contributed by atoms with Crippen LogP contribution in [0.25, 0.3) is 33.5 Å². The molecule has 0 atom stereocenters. The molecule has 142 valence electrons. The van der Waals surface area contributed by atoms with E-state index in [0.29, 0.717) is 11.1 Å². The van der Waals surface area contributed by atoms with Gasteiger partial charge in [-0.25, -0.2) is 4.98 Å². The zero-order chi connectivity index (χ0) is 19.1. The first kappa shape index (κ1) is 17.7. The largest absolute Gasteiger partial charge is 0.342 e. The molecule has 3 heterocycles. The van der Waals surface area contributed by atoms with Gasteiger partial charge in [0.1, 0.15) is 5.82 Å². The Morgan fingerprint density at radius 1 is 1.14 bits per heavy atom. The molecule has 5 rings (SSSR count). The quantitative estimate of drug-likeness (QED) is 0.371. The molecule has 0 spiro atoms. The first-order chi connectivity index (χ1) is 13.7. The van der Waals surface area contributed by atoms with E-state index in [1.807, 2.05) is 30.8 Å². The molecule has 4 aromatic rings. The molecule has 1 saturated heterocycles. The molecule has 0 saturated carbocycles. The second-order valence-corrected chi connectivity index (χ2v) is 8.58. The highest BCUT2D eigenvalue weighted by Gasteiger charge is 2.25. The van der Waals surface area contributed by atoms with Crippen LogP contribution in [-0.2, 0) is 0 Å². The predicted molar refractivity (Wildman–Crippen MR) is 112 cm³/mol. The number of H-pyrrole nitrogens is 2. The van der Waals surface area contributed by atoms with Crippen molar-refractivity contribution in [1.29, 1.82) is 0 Å². The number of tetrazole rings is 1. The number of nitrogens with one attached hydrogen (secondary N) is 3. The van der Waals surface area contributed by atoms with E-state index in [0.717, 1.165) is 56.4 Å². The Morgan fingerprint density at radius 2 is 2.04 bits per heavy atom. The van der Waals surface area contributed by atoms with Crippen LogP contribution in [0.4, 0.5) is 0 Å². The van der Waals surface area contributed by atoms with Crippen LogP contribution in [0.2, 0.25) is 0 Å². The Balaban J connectivity index is 1.75. The van der Waals surface area contributed by atoms with Crippen molar-refractivity contribution < 1.29 is 0 Å². The summed E-state index contributed by atoms with van der Waals surface area (Å²) in [5.74, 6) is 1.41. The topological polar surface area (TPSA) is 121 Å². The zero-order valence-electron chi connectivity index (χ0n) is 15.1. The maximum absolute atomic E-state index is 6.14. The molecule has 10 heteroatoms. The number of benzene rings is 2. The van der Waals surface area contributed by atoms with Crippen LogP contribution in [0.15, 0.2) is 40.1 Å². The summed E-state index contributed by atoms with van der Waals surface area (Å²) < 4.78 is 0. The van der Waals surface area contributed by atoms with E-state index in [2.05, 4.69) is 54.1 Å². The molecule has 2 aromatic carbocycles. The minimum atomic E-state index is 0.529. The van der Waals surface area contributed by atoms with Gasteiger partial charge in [0.2, 0.25) is 5.82 Å². The van der Waals surface area contributed by atoms with Crippen LogP contribution in [0.3, 0.4) is 0 Å². The number of nitrogens with zero attached hydrogens (tertiary/aromatic N) is 4. The van der Waals surface area contributed by atoms with Crippen LogP contribution in [0.5, 0.6) is 0 Å². The third-order valence-electron chi connectivity index (χ3n) is 4.77. The summed E-state index contributed by atoms with van der Waals surface area (Å²) in [5.41, 5.74) is 4.80. The van der Waals surface area contributed by atoms with Gasteiger partial charge >= 0.3 is 0 Å². The highest BCUT2D eigenvalue weighted by molar-refractivity contribution is 8.02. The normalized spacial score (nSPS) is 14.5. The summed E-state index contributed by atoms with van der Waals surface area (Å²) in [6, 6.07) is 10.4. The molecule has 8 nitrogen and oxygen atoms in total. The van der Waals surface area contributed by atoms with Crippen molar-refractivity contribution in [3.8, 4) is 22.5 Å². The summed E-state index contributed by atoms with van der Waals surface area (Å²) in [7, 11) is 0. The van der Waals surface area contributed by atoms with Gasteiger partial charge in [0.15, 0.2) is 0 Å². The van der Waals surface area contributed by atoms with E-state index < -0.39 is 0 Å². The van der Waals surface area contributed by atoms with Crippen LogP contribution in [0, 0.1) is 6.92 Å². The second-order valence-electron chi connectivity index (χ2n) is 6.59. The molecular formula is C18H18N8S2. The number of hydrogen-bond acceptors (Lipinski definition) is 8. The van der Waals surface area contributed by atoms with E-state index in [9.17, 15) is 0 Å². The van der Waals surface area contributed by atoms with Gasteiger partial charge in [-0.1, -0.05) is 18.2 Å². The number of aromatic nitrogens is 6. The fourth-order valence-electron chi connectivity index (χ4n) is 3.39. The lowest BCUT2D eigenvalue weighted by Crippen LogP contribution is -2.44. The van der Waals surface area contributed by atoms with Crippen molar-refractivity contribution in [3.05, 3.63) is 36.2 Å². The standard InChI is InChI=1S/C18H18N8S2/c1-9-21-13-4-2-3-12(16(13)22-9)11-5-6-14(27-10-7-20-8-10)17(28-19)15(11)18-23-25-26-24-18/h2-6,10,20H,7-8,19H2,1H3,(H,21,22)(H,23,24,25,26). The number of imidazole rings is 1. The maximum Gasteiger partial charge on any atom is 0.206 e. The molecule has 0 amide bonds. The second kappa shape index (κ2) is 7.21. The van der Waals surface area contributed by atoms with E-state index in [-0.39, 0.29) is 0 Å². The SMILES string of the molecule is Cc1nc2c(-c3ccc(SC4CNC4)c(SN)c3-c3nn[nH]n3)cccc2[nH]1. The van der Waals surface area contributed by atoms with Gasteiger partial charge < -0.3 is 10.3 Å². The van der Waals surface area contributed by atoms with Gasteiger partial charge in [-0.05, 0) is 41.8 Å². The number of rotatable bonds is 5. The van der Waals surface area contributed by atoms with Crippen molar-refractivity contribution in [1.82, 2.24) is 35.9 Å². The number of aryl methyl sites for hydroxylation is 1. The molecule has 1 aliphatic rings. The van der Waals surface area contributed by atoms with Gasteiger partial charge in [0.05, 0.1) is 11.0 Å². The molecule has 1 fully saturated rings. The number of para-hydroxylation sites is 1. The van der Waals surface area contributed by atoms with Gasteiger partial charge in [-0.3, -0.25) is 5.14 Å². The molecule has 5 N–H and O–H groups in total. The lowest BCUT2D eigenvalue weighted by molar-refractivity contribution is 0.543. The molecule has 2 aromatic heterocycles. The Morgan fingerprint density at radius 3 is 2.75 bits per heavy atom. The summed E-state index contributed by atoms with van der Waals surface area (Å²) in [4.78, 5) is 10.1. The van der Waals surface area contributed by atoms with Gasteiger partial charge in [0, 0.05) is 39.3 Å². The minimum absolute atomic E-state index is 0.529. The number of nitrogens with two attached hydrogens (primary N) is 1. The van der Waals surface area contributed by atoms with Crippen LogP contribution in [-0.4, -0.2) is 48.9 Å². The number of hydrogen-bond donors (Lipinski definition) is 4. The third-order valence-corrected chi connectivity index (χ3v) is 6.82. The van der Waals surface area contributed by atoms with Crippen molar-refractivity contribution in [3.63, 3.8) is 0 Å². The lowest BCUT2D eigenvalue weighted by atomic mass is 9.98. The molecule has 0 radical (unpaired) electrons. The fourth-order valence-corrected chi connectivity index (χ4v) is 5.29. The van der Waals surface area contributed by atoms with E-state index >= 15 is 0 Å². The maximum atomic E-state index is 6.14. The third kappa shape index (κ3) is 2.98. The summed E-state index contributed by atoms with van der Waals surface area (Å²) in [5, 5.41) is 24.8. The van der Waals surface area contributed by atoms with E-state index in [1.54, 1.807) is 0 Å². The fraction of sp³-hybridized carbons (Fsp3) is 0.222. The number of aromatic amines is 2. The Kier molecular flexibility index (Phi) is 4.55. The summed E-state index contributed by atoms with van der Waals surface area (Å²) in [6.07, 6.45) is 0. The Labute approximate surface area is 169 Å². The Bertz CT molecular complexity index is 1130. The van der Waals surface area contributed by atoms with Crippen molar-refractivity contribution in [2.75, 3.05) is 13.1 Å². The molecular weight excluding hydrogens is 392 g/mol. The highest BCUT2D eigenvalue weighted by atomic mass is 32.2. The van der Waals surface area contributed by atoms with Gasteiger partial charge in [0.25, 0.3) is 0 Å². The van der Waals surface area contributed by atoms with Crippen molar-refractivity contribution in [2.24, 2.45) is 5.14 Å². The first-order valence-electron chi connectivity index (χ1n) is 8.85. The first-order valence-corrected chi connectivity index (χ1v) is 10.6. The predicted octanol–water partition coefficient (Wildman–Crippen LogP) is 2.75. The lowest BCUT2D eigenvalue weighted by Gasteiger charge is -2.27. The summed E-state index contributed by atoms with van der Waals surface area (Å²) >= 11 is 3.06. The number of thioether (sulfide) groups is 1. The summed E-state index contributed by atoms with van der Waals surface area (Å²) in [6.45, 7) is 3.96. The number of fused-ring (bicyclic) bond motifs is 1. The highest BCUT2D eigenvalue weighted by Crippen LogP contribution is 2.44. The molecule has 0 bridgehead atoms. The van der Waals surface area contributed by atoms with Crippen molar-refractivity contribution >= 4 is 34.7 Å². The van der Waals surface area contributed by atoms with Crippen LogP contribution >= 0.6 is 23.7 Å². The average molecular weight is 411 g/mol. The average Bonchev–Trinajstić information content (AvgIpc) is 3.32. The van der Waals surface area contributed by atoms with Crippen LogP contribution in [0.1, 0.15) is 5.82 Å². The van der Waals surface area contributed by atoms with Gasteiger partial charge in [-0.2, -0.15) is 5.21 Å². The minimum Gasteiger partial charge on any atom is -0.342 e. The van der Waals surface area contributed by atoms with Gasteiger partial charge in [-0.15, -0.1) is 22.0 Å². The van der Waals surface area contributed by atoms with Crippen molar-refractivity contribution in [2.45, 2.75) is 22.0 Å². The van der Waals surface area contributed by atoms with E-state index in [4.69, 9.17) is 5.14 Å². The zero-order valence-corrected chi connectivity index (χ0v) is 16.7. The van der Waals surface area contributed by atoms with Crippen LogP contribution < -0.4 is 10.5 Å². The smallest absolute Gasteiger partial charge is 0.206 e. The molecule has 0 aliphatic carbocycles. The Hall–Kier alpha value is -2.40. The molecule has 28 heavy (non-hydrogen) atoms. The molecule has 1 aliphatic heterocycles. The molecule has 0 unspecified atom stereocenters.